The minimum Gasteiger partial charge on any atom is -0.376 e. The average molecular weight is 423 g/mol. The van der Waals surface area contributed by atoms with Gasteiger partial charge in [0, 0.05) is 13.0 Å². The number of hydrogen-bond acceptors (Lipinski definition) is 3. The van der Waals surface area contributed by atoms with Gasteiger partial charge in [0.15, 0.2) is 0 Å². The van der Waals surface area contributed by atoms with Crippen molar-refractivity contribution in [1.82, 2.24) is 5.32 Å². The monoisotopic (exact) mass is 422 g/mol. The maximum absolute atomic E-state index is 14.0. The summed E-state index contributed by atoms with van der Waals surface area (Å²) in [5.74, 6) is -0.616. The predicted octanol–water partition coefficient (Wildman–Crippen LogP) is 4.54. The Labute approximate surface area is 172 Å². The van der Waals surface area contributed by atoms with Gasteiger partial charge in [-0.3, -0.25) is 4.72 Å². The van der Waals surface area contributed by atoms with Crippen molar-refractivity contribution >= 4 is 32.9 Å². The van der Waals surface area contributed by atoms with Crippen LogP contribution in [-0.4, -0.2) is 19.7 Å². The molecular formula is C21H27FN2O2S2. The number of hydrogen-bond donors (Lipinski definition) is 2. The normalized spacial score (nSPS) is 11.9. The number of aryl methyl sites for hydroxylation is 1. The fourth-order valence-electron chi connectivity index (χ4n) is 2.67. The number of sulfonamides is 1. The molecule has 0 spiro atoms. The summed E-state index contributed by atoms with van der Waals surface area (Å²) in [6, 6.07) is 12.9. The lowest BCUT2D eigenvalue weighted by Gasteiger charge is -2.19. The first kappa shape index (κ1) is 22.3. The van der Waals surface area contributed by atoms with Crippen LogP contribution in [0.25, 0.3) is 0 Å². The quantitative estimate of drug-likeness (QED) is 0.643. The number of halogens is 1. The summed E-state index contributed by atoms with van der Waals surface area (Å²) in [4.78, 5) is 0.707. The van der Waals surface area contributed by atoms with Gasteiger partial charge in [-0.25, -0.2) is 12.8 Å². The third-order valence-corrected chi connectivity index (χ3v) is 5.22. The standard InChI is InChI=1S/C21H27FN2O2S2/c1-21(2,3)17-9-5-15(6-10-17)8-12-20(27)23-14-16-7-11-19(18(22)13-16)24-28(4,25)26/h5-7,9-11,13,24H,8,12,14H2,1-4H3,(H,23,27). The second-order valence-electron chi connectivity index (χ2n) is 7.91. The highest BCUT2D eigenvalue weighted by Crippen LogP contribution is 2.22. The Morgan fingerprint density at radius 2 is 1.68 bits per heavy atom. The molecule has 0 unspecified atom stereocenters. The van der Waals surface area contributed by atoms with E-state index in [9.17, 15) is 12.8 Å². The molecule has 0 heterocycles. The fourth-order valence-corrected chi connectivity index (χ4v) is 3.41. The molecule has 28 heavy (non-hydrogen) atoms. The van der Waals surface area contributed by atoms with Gasteiger partial charge in [-0.2, -0.15) is 0 Å². The van der Waals surface area contributed by atoms with Crippen LogP contribution in [0.4, 0.5) is 10.1 Å². The van der Waals surface area contributed by atoms with E-state index in [0.717, 1.165) is 12.7 Å². The second-order valence-corrected chi connectivity index (χ2v) is 10.2. The highest BCUT2D eigenvalue weighted by molar-refractivity contribution is 7.92. The minimum absolute atomic E-state index is 0.0625. The summed E-state index contributed by atoms with van der Waals surface area (Å²) in [6.07, 6.45) is 2.53. The van der Waals surface area contributed by atoms with Gasteiger partial charge in [0.2, 0.25) is 10.0 Å². The van der Waals surface area contributed by atoms with Crippen molar-refractivity contribution < 1.29 is 12.8 Å². The topological polar surface area (TPSA) is 58.2 Å². The Bertz CT molecular complexity index is 934. The maximum atomic E-state index is 14.0. The molecule has 0 bridgehead atoms. The molecule has 0 aliphatic rings. The van der Waals surface area contributed by atoms with Crippen LogP contribution in [-0.2, 0) is 28.4 Å². The molecule has 2 rings (SSSR count). The van der Waals surface area contributed by atoms with Crippen LogP contribution >= 0.6 is 12.2 Å². The van der Waals surface area contributed by atoms with Crippen molar-refractivity contribution in [2.45, 2.75) is 45.6 Å². The number of nitrogens with one attached hydrogen (secondary N) is 2. The molecule has 2 N–H and O–H groups in total. The molecule has 4 nitrogen and oxygen atoms in total. The minimum atomic E-state index is -3.51. The first-order valence-corrected chi connectivity index (χ1v) is 11.4. The number of benzene rings is 2. The van der Waals surface area contributed by atoms with Gasteiger partial charge in [0.05, 0.1) is 16.9 Å². The van der Waals surface area contributed by atoms with Crippen molar-refractivity contribution in [2.24, 2.45) is 0 Å². The highest BCUT2D eigenvalue weighted by atomic mass is 32.2. The molecule has 0 amide bonds. The highest BCUT2D eigenvalue weighted by Gasteiger charge is 2.13. The van der Waals surface area contributed by atoms with Crippen LogP contribution in [0.5, 0.6) is 0 Å². The van der Waals surface area contributed by atoms with E-state index in [1.807, 2.05) is 0 Å². The number of thiocarbonyl (C=S) groups is 1. The molecule has 0 fully saturated rings. The average Bonchev–Trinajstić information content (AvgIpc) is 2.59. The van der Waals surface area contributed by atoms with E-state index in [2.05, 4.69) is 55.1 Å². The molecule has 0 saturated carbocycles. The van der Waals surface area contributed by atoms with E-state index in [1.54, 1.807) is 6.07 Å². The van der Waals surface area contributed by atoms with Crippen molar-refractivity contribution in [2.75, 3.05) is 11.0 Å². The smallest absolute Gasteiger partial charge is 0.229 e. The van der Waals surface area contributed by atoms with E-state index < -0.39 is 15.8 Å². The first-order chi connectivity index (χ1) is 12.9. The lowest BCUT2D eigenvalue weighted by molar-refractivity contribution is 0.590. The third kappa shape index (κ3) is 7.20. The van der Waals surface area contributed by atoms with Crippen molar-refractivity contribution in [3.8, 4) is 0 Å². The number of rotatable bonds is 7. The Hall–Kier alpha value is -1.99. The summed E-state index contributed by atoms with van der Waals surface area (Å²) < 4.78 is 38.6. The van der Waals surface area contributed by atoms with E-state index in [-0.39, 0.29) is 11.1 Å². The molecule has 152 valence electrons. The van der Waals surface area contributed by atoms with Gasteiger partial charge >= 0.3 is 0 Å². The largest absolute Gasteiger partial charge is 0.376 e. The van der Waals surface area contributed by atoms with Gasteiger partial charge in [-0.05, 0) is 40.7 Å². The van der Waals surface area contributed by atoms with E-state index in [1.165, 1.54) is 23.3 Å². The molecule has 0 saturated heterocycles. The second kappa shape index (κ2) is 9.01. The molecule has 0 atom stereocenters. The Morgan fingerprint density at radius 3 is 2.21 bits per heavy atom. The molecule has 2 aromatic carbocycles. The van der Waals surface area contributed by atoms with Gasteiger partial charge in [0.25, 0.3) is 0 Å². The molecule has 0 radical (unpaired) electrons. The summed E-state index contributed by atoms with van der Waals surface area (Å²) in [6.45, 7) is 6.95. The zero-order valence-electron chi connectivity index (χ0n) is 16.7. The van der Waals surface area contributed by atoms with Crippen molar-refractivity contribution in [3.63, 3.8) is 0 Å². The predicted molar refractivity (Wildman–Crippen MR) is 118 cm³/mol. The molecule has 0 aromatic heterocycles. The SMILES string of the molecule is CC(C)(C)c1ccc(CCC(=S)NCc2ccc(NS(C)(=O)=O)c(F)c2)cc1. The molecule has 0 aliphatic carbocycles. The molecule has 2 aromatic rings. The zero-order valence-corrected chi connectivity index (χ0v) is 18.3. The molecule has 7 heteroatoms. The zero-order chi connectivity index (χ0) is 20.9. The van der Waals surface area contributed by atoms with Crippen molar-refractivity contribution in [3.05, 3.63) is 65.0 Å². The van der Waals surface area contributed by atoms with E-state index in [4.69, 9.17) is 12.2 Å². The first-order valence-electron chi connectivity index (χ1n) is 9.06. The van der Waals surface area contributed by atoms with E-state index >= 15 is 0 Å². The lowest BCUT2D eigenvalue weighted by Crippen LogP contribution is -2.21. The lowest BCUT2D eigenvalue weighted by atomic mass is 9.86. The van der Waals surface area contributed by atoms with Gasteiger partial charge in [-0.1, -0.05) is 63.3 Å². The van der Waals surface area contributed by atoms with Gasteiger partial charge < -0.3 is 5.32 Å². The molecular weight excluding hydrogens is 395 g/mol. The fraction of sp³-hybridized carbons (Fsp3) is 0.381. The van der Waals surface area contributed by atoms with Crippen LogP contribution in [0.15, 0.2) is 42.5 Å². The number of anilines is 1. The Morgan fingerprint density at radius 1 is 1.07 bits per heavy atom. The summed E-state index contributed by atoms with van der Waals surface area (Å²) in [5, 5.41) is 3.13. The molecule has 0 aliphatic heterocycles. The summed E-state index contributed by atoms with van der Waals surface area (Å²) in [7, 11) is -3.51. The van der Waals surface area contributed by atoms with Gasteiger partial charge in [0.1, 0.15) is 5.82 Å². The van der Waals surface area contributed by atoms with Crippen LogP contribution in [0, 0.1) is 5.82 Å². The van der Waals surface area contributed by atoms with E-state index in [0.29, 0.717) is 23.5 Å². The van der Waals surface area contributed by atoms with Crippen LogP contribution in [0.3, 0.4) is 0 Å². The van der Waals surface area contributed by atoms with Crippen molar-refractivity contribution in [1.29, 1.82) is 0 Å². The van der Waals surface area contributed by atoms with Crippen LogP contribution in [0.1, 0.15) is 43.9 Å². The Balaban J connectivity index is 1.85. The maximum Gasteiger partial charge on any atom is 0.229 e. The summed E-state index contributed by atoms with van der Waals surface area (Å²) in [5.41, 5.74) is 3.28. The van der Waals surface area contributed by atoms with Crippen LogP contribution < -0.4 is 10.0 Å². The third-order valence-electron chi connectivity index (χ3n) is 4.28. The van der Waals surface area contributed by atoms with Crippen LogP contribution in [0.2, 0.25) is 0 Å². The summed E-state index contributed by atoms with van der Waals surface area (Å²) >= 11 is 5.37. The van der Waals surface area contributed by atoms with Gasteiger partial charge in [-0.15, -0.1) is 0 Å². The Kier molecular flexibility index (Phi) is 7.17.